The van der Waals surface area contributed by atoms with Gasteiger partial charge >= 0.3 is 0 Å². The molecule has 0 bridgehead atoms. The highest BCUT2D eigenvalue weighted by Crippen LogP contribution is 2.35. The van der Waals surface area contributed by atoms with Gasteiger partial charge in [0.2, 0.25) is 0 Å². The lowest BCUT2D eigenvalue weighted by Crippen LogP contribution is -2.39. The summed E-state index contributed by atoms with van der Waals surface area (Å²) in [5, 5.41) is 3.75. The highest BCUT2D eigenvalue weighted by molar-refractivity contribution is 7.18. The molecule has 164 valence electrons. The molecule has 0 saturated carbocycles. The number of piperidine rings is 1. The monoisotopic (exact) mass is 465 g/mol. The molecule has 2 aromatic carbocycles. The van der Waals surface area contributed by atoms with E-state index in [1.54, 1.807) is 25.6 Å². The molecule has 4 aromatic rings. The topological polar surface area (TPSA) is 64.5 Å². The Morgan fingerprint density at radius 1 is 1.09 bits per heavy atom. The van der Waals surface area contributed by atoms with E-state index in [0.29, 0.717) is 23.7 Å². The second-order valence-electron chi connectivity index (χ2n) is 7.72. The van der Waals surface area contributed by atoms with Crippen LogP contribution in [0.5, 0.6) is 11.5 Å². The average molecular weight is 466 g/mol. The van der Waals surface area contributed by atoms with Crippen molar-refractivity contribution < 1.29 is 14.3 Å². The van der Waals surface area contributed by atoms with Crippen LogP contribution in [0.2, 0.25) is 0 Å². The van der Waals surface area contributed by atoms with E-state index < -0.39 is 0 Å². The van der Waals surface area contributed by atoms with Crippen LogP contribution in [0, 0.1) is 0 Å². The van der Waals surface area contributed by atoms with Crippen molar-refractivity contribution in [3.8, 4) is 22.1 Å². The van der Waals surface area contributed by atoms with Gasteiger partial charge in [-0.05, 0) is 43.2 Å². The van der Waals surface area contributed by atoms with Crippen LogP contribution in [0.3, 0.4) is 0 Å². The summed E-state index contributed by atoms with van der Waals surface area (Å²) in [6.07, 6.45) is 2.02. The van der Waals surface area contributed by atoms with Gasteiger partial charge in [-0.25, -0.2) is 9.97 Å². The molecular formula is C24H23N3O3S2. The molecule has 0 aliphatic carbocycles. The quantitative estimate of drug-likeness (QED) is 0.392. The molecule has 0 unspecified atom stereocenters. The molecule has 8 heteroatoms. The molecule has 0 N–H and O–H groups in total. The van der Waals surface area contributed by atoms with E-state index in [4.69, 9.17) is 14.5 Å². The molecule has 1 saturated heterocycles. The fraction of sp³-hybridized carbons (Fsp3) is 0.292. The van der Waals surface area contributed by atoms with E-state index >= 15 is 0 Å². The Kier molecular flexibility index (Phi) is 5.80. The largest absolute Gasteiger partial charge is 0.493 e. The third kappa shape index (κ3) is 3.96. The van der Waals surface area contributed by atoms with Crippen molar-refractivity contribution in [1.29, 1.82) is 0 Å². The van der Waals surface area contributed by atoms with E-state index in [9.17, 15) is 4.79 Å². The Bertz CT molecular complexity index is 1230. The minimum Gasteiger partial charge on any atom is -0.493 e. The number of carbonyl (C=O) groups excluding carboxylic acids is 1. The molecule has 32 heavy (non-hydrogen) atoms. The number of nitrogens with zero attached hydrogens (tertiary/aromatic N) is 3. The molecule has 2 aromatic heterocycles. The zero-order chi connectivity index (χ0) is 22.1. The van der Waals surface area contributed by atoms with E-state index in [2.05, 4.69) is 11.1 Å². The molecule has 5 rings (SSSR count). The summed E-state index contributed by atoms with van der Waals surface area (Å²) in [4.78, 5) is 24.6. The standard InChI is InChI=1S/C24H23N3O3S2/c1-29-19-10-9-15(12-20(19)30-2)22-26-18(14-31-22)24(28)27-11-5-6-16(13-27)23-25-17-7-3-4-8-21(17)32-23/h3-4,7-10,12,14,16H,5-6,11,13H2,1-2H3/t16-/m0/s1. The number of fused-ring (bicyclic) bond motifs is 1. The first-order valence-electron chi connectivity index (χ1n) is 10.5. The fourth-order valence-corrected chi connectivity index (χ4v) is 5.95. The molecule has 1 fully saturated rings. The second kappa shape index (κ2) is 8.88. The Labute approximate surface area is 194 Å². The molecule has 1 atom stereocenters. The Morgan fingerprint density at radius 2 is 1.94 bits per heavy atom. The van der Waals surface area contributed by atoms with Gasteiger partial charge in [-0.3, -0.25) is 4.79 Å². The maximum atomic E-state index is 13.2. The van der Waals surface area contributed by atoms with Crippen LogP contribution in [0.15, 0.2) is 47.8 Å². The molecule has 3 heterocycles. The van der Waals surface area contributed by atoms with E-state index in [0.717, 1.165) is 40.5 Å². The van der Waals surface area contributed by atoms with Gasteiger partial charge in [0.15, 0.2) is 11.5 Å². The van der Waals surface area contributed by atoms with E-state index in [1.165, 1.54) is 16.0 Å². The molecule has 1 amide bonds. The van der Waals surface area contributed by atoms with Gasteiger partial charge in [0.25, 0.3) is 5.91 Å². The predicted octanol–water partition coefficient (Wildman–Crippen LogP) is 5.46. The van der Waals surface area contributed by atoms with Crippen molar-refractivity contribution >= 4 is 38.8 Å². The summed E-state index contributed by atoms with van der Waals surface area (Å²) < 4.78 is 11.9. The third-order valence-electron chi connectivity index (χ3n) is 5.72. The summed E-state index contributed by atoms with van der Waals surface area (Å²) >= 11 is 3.20. The number of carbonyl (C=O) groups is 1. The number of thiazole rings is 2. The Balaban J connectivity index is 1.34. The lowest BCUT2D eigenvalue weighted by atomic mass is 9.98. The number of methoxy groups -OCH3 is 2. The van der Waals surface area contributed by atoms with Crippen LogP contribution in [-0.2, 0) is 0 Å². The SMILES string of the molecule is COc1ccc(-c2nc(C(=O)N3CCC[C@H](c4nc5ccccc5s4)C3)cs2)cc1OC. The Morgan fingerprint density at radius 3 is 2.75 bits per heavy atom. The number of likely N-dealkylation sites (tertiary alicyclic amines) is 1. The number of hydrogen-bond donors (Lipinski definition) is 0. The van der Waals surface area contributed by atoms with Crippen molar-refractivity contribution in [2.24, 2.45) is 0 Å². The molecule has 1 aliphatic heterocycles. The van der Waals surface area contributed by atoms with E-state index in [1.807, 2.05) is 46.7 Å². The lowest BCUT2D eigenvalue weighted by Gasteiger charge is -2.31. The molecule has 0 spiro atoms. The number of ether oxygens (including phenoxy) is 2. The first-order valence-corrected chi connectivity index (χ1v) is 12.2. The summed E-state index contributed by atoms with van der Waals surface area (Å²) in [6.45, 7) is 1.44. The van der Waals surface area contributed by atoms with Gasteiger partial charge in [-0.15, -0.1) is 22.7 Å². The van der Waals surface area contributed by atoms with E-state index in [-0.39, 0.29) is 11.8 Å². The number of aromatic nitrogens is 2. The predicted molar refractivity (Wildman–Crippen MR) is 128 cm³/mol. The molecule has 0 radical (unpaired) electrons. The van der Waals surface area contributed by atoms with Crippen molar-refractivity contribution in [2.45, 2.75) is 18.8 Å². The number of hydrogen-bond acceptors (Lipinski definition) is 7. The minimum atomic E-state index is -0.0150. The van der Waals surface area contributed by atoms with Crippen molar-refractivity contribution in [2.75, 3.05) is 27.3 Å². The lowest BCUT2D eigenvalue weighted by molar-refractivity contribution is 0.0702. The fourth-order valence-electron chi connectivity index (χ4n) is 4.06. The summed E-state index contributed by atoms with van der Waals surface area (Å²) in [6, 6.07) is 13.9. The van der Waals surface area contributed by atoms with Crippen LogP contribution in [-0.4, -0.2) is 48.1 Å². The van der Waals surface area contributed by atoms with Gasteiger partial charge in [-0.1, -0.05) is 12.1 Å². The maximum Gasteiger partial charge on any atom is 0.273 e. The Hall–Kier alpha value is -2.97. The highest BCUT2D eigenvalue weighted by atomic mass is 32.1. The number of amides is 1. The minimum absolute atomic E-state index is 0.0150. The number of rotatable bonds is 5. The molecule has 6 nitrogen and oxygen atoms in total. The van der Waals surface area contributed by atoms with Crippen LogP contribution < -0.4 is 9.47 Å². The maximum absolute atomic E-state index is 13.2. The second-order valence-corrected chi connectivity index (χ2v) is 9.64. The highest BCUT2D eigenvalue weighted by Gasteiger charge is 2.28. The van der Waals surface area contributed by atoms with Gasteiger partial charge in [0.1, 0.15) is 10.7 Å². The number of para-hydroxylation sites is 1. The first kappa shape index (κ1) is 20.9. The summed E-state index contributed by atoms with van der Waals surface area (Å²) in [5.41, 5.74) is 2.43. The smallest absolute Gasteiger partial charge is 0.273 e. The summed E-state index contributed by atoms with van der Waals surface area (Å²) in [5.74, 6) is 1.56. The van der Waals surface area contributed by atoms with Crippen molar-refractivity contribution in [3.05, 3.63) is 58.5 Å². The van der Waals surface area contributed by atoms with Crippen LogP contribution in [0.25, 0.3) is 20.8 Å². The zero-order valence-electron chi connectivity index (χ0n) is 17.9. The van der Waals surface area contributed by atoms with Gasteiger partial charge in [0.05, 0.1) is 29.4 Å². The molecular weight excluding hydrogens is 442 g/mol. The van der Waals surface area contributed by atoms with Gasteiger partial charge < -0.3 is 14.4 Å². The van der Waals surface area contributed by atoms with Crippen LogP contribution in [0.1, 0.15) is 34.3 Å². The number of benzene rings is 2. The van der Waals surface area contributed by atoms with Crippen LogP contribution >= 0.6 is 22.7 Å². The van der Waals surface area contributed by atoms with Gasteiger partial charge in [-0.2, -0.15) is 0 Å². The molecule has 1 aliphatic rings. The van der Waals surface area contributed by atoms with Crippen LogP contribution in [0.4, 0.5) is 0 Å². The average Bonchev–Trinajstić information content (AvgIpc) is 3.51. The summed E-state index contributed by atoms with van der Waals surface area (Å²) in [7, 11) is 3.22. The normalized spacial score (nSPS) is 16.3. The van der Waals surface area contributed by atoms with Gasteiger partial charge in [0, 0.05) is 30.0 Å². The first-order chi connectivity index (χ1) is 15.7. The van der Waals surface area contributed by atoms with Crippen molar-refractivity contribution in [3.63, 3.8) is 0 Å². The third-order valence-corrected chi connectivity index (χ3v) is 7.81. The van der Waals surface area contributed by atoms with Crippen molar-refractivity contribution in [1.82, 2.24) is 14.9 Å². The zero-order valence-corrected chi connectivity index (χ0v) is 19.5.